The molecular formula is C15H13F6IN2. The summed E-state index contributed by atoms with van der Waals surface area (Å²) in [5, 5.41) is 0. The lowest BCUT2D eigenvalue weighted by molar-refractivity contribution is -0.137. The van der Waals surface area contributed by atoms with Gasteiger partial charge in [0.25, 0.3) is 0 Å². The van der Waals surface area contributed by atoms with Crippen LogP contribution in [0.5, 0.6) is 0 Å². The summed E-state index contributed by atoms with van der Waals surface area (Å²) in [7, 11) is 0. The Bertz CT molecular complexity index is 649. The molecule has 0 aliphatic carbocycles. The summed E-state index contributed by atoms with van der Waals surface area (Å²) in [4.78, 5) is 0. The molecule has 2 rings (SSSR count). The average Bonchev–Trinajstić information content (AvgIpc) is 2.42. The molecule has 0 aliphatic rings. The van der Waals surface area contributed by atoms with Gasteiger partial charge in [0.15, 0.2) is 0 Å². The maximum absolute atomic E-state index is 12.1. The van der Waals surface area contributed by atoms with Gasteiger partial charge >= 0.3 is 12.4 Å². The quantitative estimate of drug-likeness (QED) is 0.309. The minimum atomic E-state index is -4.36. The molecule has 0 aliphatic heterocycles. The zero-order valence-corrected chi connectivity index (χ0v) is 14.4. The number of hydrogen-bond donors (Lipinski definition) is 2. The van der Waals surface area contributed by atoms with Gasteiger partial charge in [0.05, 0.1) is 11.1 Å². The molecule has 4 N–H and O–H groups in total. The van der Waals surface area contributed by atoms with Gasteiger partial charge in [-0.1, -0.05) is 11.6 Å². The van der Waals surface area contributed by atoms with E-state index in [2.05, 4.69) is 0 Å². The summed E-state index contributed by atoms with van der Waals surface area (Å²) in [6.45, 7) is 1.59. The topological polar surface area (TPSA) is 52.0 Å². The summed E-state index contributed by atoms with van der Waals surface area (Å²) in [5.41, 5.74) is 8.87. The van der Waals surface area contributed by atoms with Crippen LogP contribution in [0.15, 0.2) is 36.4 Å². The highest BCUT2D eigenvalue weighted by Crippen LogP contribution is 2.34. The molecule has 0 unspecified atom stereocenters. The number of anilines is 2. The van der Waals surface area contributed by atoms with Gasteiger partial charge in [0.1, 0.15) is 0 Å². The Kier molecular flexibility index (Phi) is 6.37. The van der Waals surface area contributed by atoms with Gasteiger partial charge in [-0.3, -0.25) is 0 Å². The van der Waals surface area contributed by atoms with Gasteiger partial charge in [-0.25, -0.2) is 0 Å². The van der Waals surface area contributed by atoms with Gasteiger partial charge in [-0.2, -0.15) is 26.3 Å². The van der Waals surface area contributed by atoms with Crippen molar-refractivity contribution in [3.63, 3.8) is 0 Å². The standard InChI is InChI=1S/C8H8F3N.C7H5F3IN/c1-5-2-3-7(12)6(4-5)8(9,10)11;8-7(9,10)5-3-4(11)1-2-6(5)12/h2-4H,12H2,1H3;1-3H,12H2. The zero-order chi connectivity index (χ0) is 18.7. The Morgan fingerprint density at radius 2 is 1.17 bits per heavy atom. The molecule has 24 heavy (non-hydrogen) atoms. The summed E-state index contributed by atoms with van der Waals surface area (Å²) >= 11 is 1.81. The molecule has 0 heterocycles. The van der Waals surface area contributed by atoms with Crippen molar-refractivity contribution in [2.45, 2.75) is 19.3 Å². The molecule has 132 valence electrons. The monoisotopic (exact) mass is 462 g/mol. The van der Waals surface area contributed by atoms with Crippen LogP contribution >= 0.6 is 22.6 Å². The molecule has 0 fully saturated rings. The fraction of sp³-hybridized carbons (Fsp3) is 0.200. The molecule has 2 aromatic rings. The zero-order valence-electron chi connectivity index (χ0n) is 12.3. The Balaban J connectivity index is 0.000000240. The highest BCUT2D eigenvalue weighted by molar-refractivity contribution is 14.1. The molecule has 0 amide bonds. The van der Waals surface area contributed by atoms with Crippen LogP contribution in [0.2, 0.25) is 0 Å². The van der Waals surface area contributed by atoms with Crippen molar-refractivity contribution in [2.75, 3.05) is 11.5 Å². The lowest BCUT2D eigenvalue weighted by Gasteiger charge is -2.09. The third kappa shape index (κ3) is 5.77. The predicted octanol–water partition coefficient (Wildman–Crippen LogP) is 5.49. The number of alkyl halides is 6. The highest BCUT2D eigenvalue weighted by Gasteiger charge is 2.33. The second-order valence-electron chi connectivity index (χ2n) is 4.82. The SMILES string of the molecule is Cc1ccc(N)c(C(F)(F)F)c1.Nc1ccc(I)cc1C(F)(F)F. The molecule has 2 aromatic carbocycles. The van der Waals surface area contributed by atoms with E-state index in [1.54, 1.807) is 35.6 Å². The van der Waals surface area contributed by atoms with Crippen molar-refractivity contribution >= 4 is 34.0 Å². The minimum Gasteiger partial charge on any atom is -0.398 e. The maximum Gasteiger partial charge on any atom is 0.418 e. The Morgan fingerprint density at radius 1 is 0.750 bits per heavy atom. The van der Waals surface area contributed by atoms with Gasteiger partial charge in [0.2, 0.25) is 0 Å². The number of halogens is 7. The van der Waals surface area contributed by atoms with Gasteiger partial charge < -0.3 is 11.5 Å². The van der Waals surface area contributed by atoms with Crippen molar-refractivity contribution in [1.29, 1.82) is 0 Å². The first-order valence-electron chi connectivity index (χ1n) is 6.38. The summed E-state index contributed by atoms with van der Waals surface area (Å²) in [5.74, 6) is 0. The van der Waals surface area contributed by atoms with Crippen molar-refractivity contribution in [3.05, 3.63) is 56.7 Å². The number of benzene rings is 2. The lowest BCUT2D eigenvalue weighted by Crippen LogP contribution is -2.08. The van der Waals surface area contributed by atoms with E-state index in [1.165, 1.54) is 18.2 Å². The molecule has 0 aromatic heterocycles. The van der Waals surface area contributed by atoms with E-state index in [1.807, 2.05) is 0 Å². The van der Waals surface area contributed by atoms with E-state index < -0.39 is 23.5 Å². The fourth-order valence-electron chi connectivity index (χ4n) is 1.69. The fourth-order valence-corrected chi connectivity index (χ4v) is 2.18. The summed E-state index contributed by atoms with van der Waals surface area (Å²) in [6.07, 6.45) is -8.71. The Hall–Kier alpha value is -1.65. The number of hydrogen-bond acceptors (Lipinski definition) is 2. The highest BCUT2D eigenvalue weighted by atomic mass is 127. The molecule has 0 saturated heterocycles. The smallest absolute Gasteiger partial charge is 0.398 e. The number of nitrogen functional groups attached to an aromatic ring is 2. The van der Waals surface area contributed by atoms with Crippen LogP contribution in [0.1, 0.15) is 16.7 Å². The predicted molar refractivity (Wildman–Crippen MR) is 89.2 cm³/mol. The number of nitrogens with two attached hydrogens (primary N) is 2. The molecule has 0 spiro atoms. The average molecular weight is 462 g/mol. The molecular weight excluding hydrogens is 449 g/mol. The van der Waals surface area contributed by atoms with Crippen LogP contribution in [0.3, 0.4) is 0 Å². The third-order valence-corrected chi connectivity index (χ3v) is 3.51. The second kappa shape index (κ2) is 7.49. The molecule has 0 atom stereocenters. The van der Waals surface area contributed by atoms with Crippen LogP contribution in [0.25, 0.3) is 0 Å². The lowest BCUT2D eigenvalue weighted by atomic mass is 10.1. The number of aryl methyl sites for hydroxylation is 1. The van der Waals surface area contributed by atoms with Gasteiger partial charge in [-0.15, -0.1) is 0 Å². The third-order valence-electron chi connectivity index (χ3n) is 2.83. The maximum atomic E-state index is 12.1. The Labute approximate surface area is 148 Å². The van der Waals surface area contributed by atoms with E-state index in [0.717, 1.165) is 12.1 Å². The van der Waals surface area contributed by atoms with Crippen LogP contribution in [-0.4, -0.2) is 0 Å². The van der Waals surface area contributed by atoms with E-state index in [4.69, 9.17) is 11.5 Å². The molecule has 0 saturated carbocycles. The van der Waals surface area contributed by atoms with E-state index in [0.29, 0.717) is 9.13 Å². The van der Waals surface area contributed by atoms with Gasteiger partial charge in [-0.05, 0) is 59.8 Å². The summed E-state index contributed by atoms with van der Waals surface area (Å²) < 4.78 is 73.4. The van der Waals surface area contributed by atoms with Crippen LogP contribution in [0.4, 0.5) is 37.7 Å². The minimum absolute atomic E-state index is 0.229. The summed E-state index contributed by atoms with van der Waals surface area (Å²) in [6, 6.07) is 7.66. The largest absolute Gasteiger partial charge is 0.418 e. The molecule has 0 radical (unpaired) electrons. The van der Waals surface area contributed by atoms with Crippen molar-refractivity contribution < 1.29 is 26.3 Å². The number of rotatable bonds is 0. The first-order valence-corrected chi connectivity index (χ1v) is 7.46. The first kappa shape index (κ1) is 20.4. The normalized spacial score (nSPS) is 11.7. The van der Waals surface area contributed by atoms with Crippen molar-refractivity contribution in [1.82, 2.24) is 0 Å². The van der Waals surface area contributed by atoms with Gasteiger partial charge in [0, 0.05) is 14.9 Å². The molecule has 0 bridgehead atoms. The van der Waals surface area contributed by atoms with E-state index in [9.17, 15) is 26.3 Å². The van der Waals surface area contributed by atoms with E-state index in [-0.39, 0.29) is 11.4 Å². The first-order chi connectivity index (χ1) is 10.8. The van der Waals surface area contributed by atoms with Crippen molar-refractivity contribution in [3.8, 4) is 0 Å². The Morgan fingerprint density at radius 3 is 1.54 bits per heavy atom. The molecule has 9 heteroatoms. The van der Waals surface area contributed by atoms with Crippen LogP contribution in [0, 0.1) is 10.5 Å². The van der Waals surface area contributed by atoms with Crippen molar-refractivity contribution in [2.24, 2.45) is 0 Å². The van der Waals surface area contributed by atoms with Crippen LogP contribution < -0.4 is 11.5 Å². The molecule has 2 nitrogen and oxygen atoms in total. The second-order valence-corrected chi connectivity index (χ2v) is 6.06. The van der Waals surface area contributed by atoms with E-state index >= 15 is 0 Å². The van der Waals surface area contributed by atoms with Crippen LogP contribution in [-0.2, 0) is 12.4 Å².